The largest absolute Gasteiger partial charge is 0.382 e. The highest BCUT2D eigenvalue weighted by Crippen LogP contribution is 2.43. The van der Waals surface area contributed by atoms with Gasteiger partial charge in [-0.05, 0) is 42.9 Å². The highest BCUT2D eigenvalue weighted by atomic mass is 15.0. The summed E-state index contributed by atoms with van der Waals surface area (Å²) in [6, 6.07) is 7.44. The Morgan fingerprint density at radius 3 is 3.07 bits per heavy atom. The maximum absolute atomic E-state index is 6.34. The van der Waals surface area contributed by atoms with E-state index in [0.717, 1.165) is 0 Å². The Morgan fingerprint density at radius 2 is 2.20 bits per heavy atom. The molecule has 15 heavy (non-hydrogen) atoms. The van der Waals surface area contributed by atoms with Crippen LogP contribution in [0.4, 0.5) is 5.69 Å². The molecule has 0 bridgehead atoms. The highest BCUT2D eigenvalue weighted by Gasteiger charge is 2.37. The number of hydrogen-bond acceptors (Lipinski definition) is 2. The highest BCUT2D eigenvalue weighted by molar-refractivity contribution is 5.57. The quantitative estimate of drug-likeness (QED) is 0.678. The van der Waals surface area contributed by atoms with Crippen LogP contribution in [-0.4, -0.2) is 6.04 Å². The Kier molecular flexibility index (Phi) is 1.99. The predicted molar refractivity (Wildman–Crippen MR) is 62.9 cm³/mol. The zero-order chi connectivity index (χ0) is 10.4. The van der Waals surface area contributed by atoms with Gasteiger partial charge in [-0.3, -0.25) is 0 Å². The van der Waals surface area contributed by atoms with Crippen molar-refractivity contribution in [2.24, 2.45) is 11.7 Å². The first-order valence-electron chi connectivity index (χ1n) is 5.88. The fourth-order valence-electron chi connectivity index (χ4n) is 3.11. The molecule has 1 saturated carbocycles. The molecule has 2 heteroatoms. The molecule has 2 aliphatic rings. The van der Waals surface area contributed by atoms with Gasteiger partial charge in [-0.2, -0.15) is 0 Å². The number of nitrogens with one attached hydrogen (secondary N) is 1. The van der Waals surface area contributed by atoms with Gasteiger partial charge in [0.05, 0.1) is 0 Å². The number of fused-ring (bicyclic) bond motifs is 2. The minimum absolute atomic E-state index is 0.245. The van der Waals surface area contributed by atoms with Gasteiger partial charge in [0, 0.05) is 17.8 Å². The lowest BCUT2D eigenvalue weighted by Gasteiger charge is -2.35. The smallest absolute Gasteiger partial charge is 0.0393 e. The van der Waals surface area contributed by atoms with Crippen molar-refractivity contribution in [2.45, 2.75) is 38.3 Å². The number of aryl methyl sites for hydroxylation is 1. The van der Waals surface area contributed by atoms with E-state index >= 15 is 0 Å². The van der Waals surface area contributed by atoms with Crippen LogP contribution in [0.2, 0.25) is 0 Å². The van der Waals surface area contributed by atoms with Crippen molar-refractivity contribution in [1.82, 2.24) is 0 Å². The van der Waals surface area contributed by atoms with Gasteiger partial charge in [0.1, 0.15) is 0 Å². The third-order valence-electron chi connectivity index (χ3n) is 3.94. The Labute approximate surface area is 90.9 Å². The van der Waals surface area contributed by atoms with E-state index in [2.05, 4.69) is 30.4 Å². The fourth-order valence-corrected chi connectivity index (χ4v) is 3.11. The van der Waals surface area contributed by atoms with Crippen molar-refractivity contribution < 1.29 is 0 Å². The molecule has 3 rings (SSSR count). The van der Waals surface area contributed by atoms with Gasteiger partial charge in [-0.25, -0.2) is 0 Å². The normalized spacial score (nSPS) is 33.1. The molecular formula is C13H18N2. The van der Waals surface area contributed by atoms with E-state index in [4.69, 9.17) is 5.73 Å². The SMILES string of the molecule is Cc1ccc2c(c1)NC1CCCC1C2N. The van der Waals surface area contributed by atoms with Crippen LogP contribution in [0.25, 0.3) is 0 Å². The third kappa shape index (κ3) is 1.36. The average molecular weight is 202 g/mol. The van der Waals surface area contributed by atoms with E-state index < -0.39 is 0 Å². The van der Waals surface area contributed by atoms with Crippen LogP contribution in [0.5, 0.6) is 0 Å². The van der Waals surface area contributed by atoms with Crippen LogP contribution < -0.4 is 11.1 Å². The van der Waals surface area contributed by atoms with Crippen LogP contribution in [0.3, 0.4) is 0 Å². The Hall–Kier alpha value is -1.02. The van der Waals surface area contributed by atoms with Gasteiger partial charge in [0.15, 0.2) is 0 Å². The second-order valence-electron chi connectivity index (χ2n) is 4.96. The van der Waals surface area contributed by atoms with Crippen LogP contribution in [0.1, 0.15) is 36.4 Å². The fraction of sp³-hybridized carbons (Fsp3) is 0.538. The lowest BCUT2D eigenvalue weighted by atomic mass is 9.84. The first-order valence-corrected chi connectivity index (χ1v) is 5.88. The first-order chi connectivity index (χ1) is 7.25. The summed E-state index contributed by atoms with van der Waals surface area (Å²) in [6.45, 7) is 2.13. The van der Waals surface area contributed by atoms with E-state index in [1.807, 2.05) is 0 Å². The van der Waals surface area contributed by atoms with Gasteiger partial charge in [-0.15, -0.1) is 0 Å². The molecular weight excluding hydrogens is 184 g/mol. The van der Waals surface area contributed by atoms with Crippen molar-refractivity contribution in [3.8, 4) is 0 Å². The minimum atomic E-state index is 0.245. The van der Waals surface area contributed by atoms with Gasteiger partial charge in [-0.1, -0.05) is 18.6 Å². The molecule has 0 amide bonds. The van der Waals surface area contributed by atoms with E-state index in [0.29, 0.717) is 12.0 Å². The van der Waals surface area contributed by atoms with Gasteiger partial charge >= 0.3 is 0 Å². The predicted octanol–water partition coefficient (Wildman–Crippen LogP) is 2.59. The number of benzene rings is 1. The van der Waals surface area contributed by atoms with E-state index in [-0.39, 0.29) is 6.04 Å². The topological polar surface area (TPSA) is 38.0 Å². The lowest BCUT2D eigenvalue weighted by Crippen LogP contribution is -2.37. The van der Waals surface area contributed by atoms with Gasteiger partial charge in [0.2, 0.25) is 0 Å². The molecule has 1 fully saturated rings. The molecule has 1 aliphatic heterocycles. The summed E-state index contributed by atoms with van der Waals surface area (Å²) in [5, 5.41) is 3.65. The molecule has 1 aromatic rings. The Bertz CT molecular complexity index is 386. The number of rotatable bonds is 0. The molecule has 0 saturated heterocycles. The molecule has 1 aromatic carbocycles. The summed E-state index contributed by atoms with van der Waals surface area (Å²) in [7, 11) is 0. The maximum atomic E-state index is 6.34. The van der Waals surface area contributed by atoms with E-state index in [9.17, 15) is 0 Å². The molecule has 0 aromatic heterocycles. The van der Waals surface area contributed by atoms with Crippen molar-refractivity contribution in [2.75, 3.05) is 5.32 Å². The molecule has 80 valence electrons. The molecule has 1 aliphatic carbocycles. The van der Waals surface area contributed by atoms with Crippen molar-refractivity contribution in [3.05, 3.63) is 29.3 Å². The Balaban J connectivity index is 2.04. The zero-order valence-electron chi connectivity index (χ0n) is 9.16. The molecule has 0 radical (unpaired) electrons. The van der Waals surface area contributed by atoms with E-state index in [1.165, 1.54) is 36.1 Å². The molecule has 3 atom stereocenters. The van der Waals surface area contributed by atoms with Crippen LogP contribution >= 0.6 is 0 Å². The van der Waals surface area contributed by atoms with Crippen molar-refractivity contribution in [3.63, 3.8) is 0 Å². The second-order valence-corrected chi connectivity index (χ2v) is 4.96. The molecule has 3 N–H and O–H groups in total. The standard InChI is InChI=1S/C13H18N2/c1-8-5-6-10-12(7-8)15-11-4-2-3-9(11)13(10)14/h5-7,9,11,13,15H,2-4,14H2,1H3. The Morgan fingerprint density at radius 1 is 1.33 bits per heavy atom. The molecule has 0 spiro atoms. The van der Waals surface area contributed by atoms with Crippen LogP contribution in [-0.2, 0) is 0 Å². The van der Waals surface area contributed by atoms with Crippen molar-refractivity contribution in [1.29, 1.82) is 0 Å². The summed E-state index contributed by atoms with van der Waals surface area (Å²) in [5.41, 5.74) is 10.2. The van der Waals surface area contributed by atoms with Crippen LogP contribution in [0, 0.1) is 12.8 Å². The summed E-state index contributed by atoms with van der Waals surface area (Å²) in [4.78, 5) is 0. The van der Waals surface area contributed by atoms with E-state index in [1.54, 1.807) is 0 Å². The van der Waals surface area contributed by atoms with Crippen LogP contribution in [0.15, 0.2) is 18.2 Å². The maximum Gasteiger partial charge on any atom is 0.0393 e. The monoisotopic (exact) mass is 202 g/mol. The zero-order valence-corrected chi connectivity index (χ0v) is 9.16. The van der Waals surface area contributed by atoms with Gasteiger partial charge in [0.25, 0.3) is 0 Å². The number of anilines is 1. The lowest BCUT2D eigenvalue weighted by molar-refractivity contribution is 0.401. The summed E-state index contributed by atoms with van der Waals surface area (Å²) in [5.74, 6) is 0.653. The summed E-state index contributed by atoms with van der Waals surface area (Å²) >= 11 is 0. The second kappa shape index (κ2) is 3.24. The number of hydrogen-bond donors (Lipinski definition) is 2. The third-order valence-corrected chi connectivity index (χ3v) is 3.94. The summed E-state index contributed by atoms with van der Waals surface area (Å²) in [6.07, 6.45) is 3.89. The average Bonchev–Trinajstić information content (AvgIpc) is 2.65. The molecule has 2 nitrogen and oxygen atoms in total. The molecule has 3 unspecified atom stereocenters. The number of nitrogens with two attached hydrogens (primary N) is 1. The molecule has 1 heterocycles. The first kappa shape index (κ1) is 9.22. The van der Waals surface area contributed by atoms with Crippen molar-refractivity contribution >= 4 is 5.69 Å². The summed E-state index contributed by atoms with van der Waals surface area (Å²) < 4.78 is 0. The van der Waals surface area contributed by atoms with Gasteiger partial charge < -0.3 is 11.1 Å². The minimum Gasteiger partial charge on any atom is -0.382 e.